The standard InChI is InChI=1S/C15H21NO3/c1-12(15(17)18)19-14-8-5-9-16(11-14)10-13-6-3-2-4-7-13/h2-4,6-7,12,14H,5,8-11H2,1H3,(H,17,18)/t12?,14-/m1/s1. The number of hydrogen-bond acceptors (Lipinski definition) is 3. The van der Waals surface area contributed by atoms with E-state index in [0.29, 0.717) is 0 Å². The normalized spacial score (nSPS) is 22.1. The van der Waals surface area contributed by atoms with Crippen LogP contribution in [0.5, 0.6) is 0 Å². The van der Waals surface area contributed by atoms with E-state index in [1.54, 1.807) is 6.92 Å². The van der Waals surface area contributed by atoms with Crippen LogP contribution >= 0.6 is 0 Å². The summed E-state index contributed by atoms with van der Waals surface area (Å²) in [5.41, 5.74) is 1.29. The first kappa shape index (κ1) is 14.0. The molecule has 0 spiro atoms. The Morgan fingerprint density at radius 1 is 1.47 bits per heavy atom. The Morgan fingerprint density at radius 3 is 2.89 bits per heavy atom. The largest absolute Gasteiger partial charge is 0.479 e. The van der Waals surface area contributed by atoms with Crippen molar-refractivity contribution in [3.8, 4) is 0 Å². The lowest BCUT2D eigenvalue weighted by atomic mass is 10.1. The maximum absolute atomic E-state index is 10.8. The van der Waals surface area contributed by atoms with E-state index in [0.717, 1.165) is 32.5 Å². The predicted molar refractivity (Wildman–Crippen MR) is 72.9 cm³/mol. The second-order valence-corrected chi connectivity index (χ2v) is 5.10. The molecule has 4 heteroatoms. The highest BCUT2D eigenvalue weighted by atomic mass is 16.5. The van der Waals surface area contributed by atoms with Crippen LogP contribution in [0.15, 0.2) is 30.3 Å². The van der Waals surface area contributed by atoms with Crippen molar-refractivity contribution in [2.45, 2.75) is 38.5 Å². The van der Waals surface area contributed by atoms with E-state index in [4.69, 9.17) is 9.84 Å². The zero-order valence-corrected chi connectivity index (χ0v) is 11.3. The molecule has 0 aliphatic carbocycles. The minimum absolute atomic E-state index is 0.0311. The second-order valence-electron chi connectivity index (χ2n) is 5.10. The highest BCUT2D eigenvalue weighted by Crippen LogP contribution is 2.17. The number of aliphatic carboxylic acids is 1. The van der Waals surface area contributed by atoms with Crippen LogP contribution in [0.2, 0.25) is 0 Å². The van der Waals surface area contributed by atoms with Crippen LogP contribution < -0.4 is 0 Å². The van der Waals surface area contributed by atoms with Gasteiger partial charge in [-0.15, -0.1) is 0 Å². The summed E-state index contributed by atoms with van der Waals surface area (Å²) in [5.74, 6) is -0.889. The van der Waals surface area contributed by atoms with Crippen molar-refractivity contribution < 1.29 is 14.6 Å². The molecule has 1 saturated heterocycles. The number of ether oxygens (including phenoxy) is 1. The highest BCUT2D eigenvalue weighted by molar-refractivity contribution is 5.71. The second kappa shape index (κ2) is 6.68. The van der Waals surface area contributed by atoms with Crippen LogP contribution in [-0.2, 0) is 16.1 Å². The molecule has 2 atom stereocenters. The molecule has 2 rings (SSSR count). The average Bonchev–Trinajstić information content (AvgIpc) is 2.40. The van der Waals surface area contributed by atoms with Gasteiger partial charge in [0.2, 0.25) is 0 Å². The number of likely N-dealkylation sites (tertiary alicyclic amines) is 1. The molecule has 1 N–H and O–H groups in total. The van der Waals surface area contributed by atoms with E-state index in [2.05, 4.69) is 17.0 Å². The molecular weight excluding hydrogens is 242 g/mol. The van der Waals surface area contributed by atoms with Crippen molar-refractivity contribution in [3.63, 3.8) is 0 Å². The lowest BCUT2D eigenvalue weighted by Gasteiger charge is -2.33. The SMILES string of the molecule is CC(O[C@@H]1CCCN(Cc2ccccc2)C1)C(=O)O. The summed E-state index contributed by atoms with van der Waals surface area (Å²) in [5, 5.41) is 8.88. The minimum atomic E-state index is -0.889. The van der Waals surface area contributed by atoms with E-state index in [9.17, 15) is 4.79 Å². The fourth-order valence-corrected chi connectivity index (χ4v) is 2.46. The van der Waals surface area contributed by atoms with Gasteiger partial charge in [0.1, 0.15) is 0 Å². The Balaban J connectivity index is 1.85. The lowest BCUT2D eigenvalue weighted by Crippen LogP contribution is -2.41. The smallest absolute Gasteiger partial charge is 0.332 e. The number of benzene rings is 1. The Bertz CT molecular complexity index is 407. The fourth-order valence-electron chi connectivity index (χ4n) is 2.46. The van der Waals surface area contributed by atoms with Crippen molar-refractivity contribution in [1.82, 2.24) is 4.90 Å². The van der Waals surface area contributed by atoms with E-state index in [1.165, 1.54) is 5.56 Å². The van der Waals surface area contributed by atoms with Gasteiger partial charge in [0.05, 0.1) is 6.10 Å². The van der Waals surface area contributed by atoms with Gasteiger partial charge >= 0.3 is 5.97 Å². The van der Waals surface area contributed by atoms with E-state index in [-0.39, 0.29) is 6.10 Å². The third kappa shape index (κ3) is 4.33. The fraction of sp³-hybridized carbons (Fsp3) is 0.533. The summed E-state index contributed by atoms with van der Waals surface area (Å²) in [4.78, 5) is 13.1. The van der Waals surface area contributed by atoms with Gasteiger partial charge in [-0.2, -0.15) is 0 Å². The summed E-state index contributed by atoms with van der Waals surface area (Å²) in [6.07, 6.45) is 1.32. The van der Waals surface area contributed by atoms with Gasteiger partial charge in [-0.05, 0) is 31.9 Å². The molecule has 1 aromatic rings. The molecule has 104 valence electrons. The van der Waals surface area contributed by atoms with Crippen molar-refractivity contribution in [2.24, 2.45) is 0 Å². The van der Waals surface area contributed by atoms with Gasteiger partial charge in [-0.25, -0.2) is 4.79 Å². The number of carboxylic acid groups (broad SMARTS) is 1. The van der Waals surface area contributed by atoms with Crippen LogP contribution in [0.1, 0.15) is 25.3 Å². The van der Waals surface area contributed by atoms with Crippen LogP contribution in [0, 0.1) is 0 Å². The van der Waals surface area contributed by atoms with Crippen molar-refractivity contribution >= 4 is 5.97 Å². The van der Waals surface area contributed by atoms with Crippen LogP contribution in [0.4, 0.5) is 0 Å². The third-order valence-corrected chi connectivity index (χ3v) is 3.46. The van der Waals surface area contributed by atoms with Crippen molar-refractivity contribution in [1.29, 1.82) is 0 Å². The van der Waals surface area contributed by atoms with Gasteiger partial charge in [0.25, 0.3) is 0 Å². The molecule has 0 amide bonds. The topological polar surface area (TPSA) is 49.8 Å². The molecule has 1 aromatic carbocycles. The molecule has 1 aliphatic heterocycles. The van der Waals surface area contributed by atoms with E-state index >= 15 is 0 Å². The third-order valence-electron chi connectivity index (χ3n) is 3.46. The summed E-state index contributed by atoms with van der Waals surface area (Å²) < 4.78 is 5.58. The van der Waals surface area contributed by atoms with Crippen LogP contribution in [-0.4, -0.2) is 41.3 Å². The summed E-state index contributed by atoms with van der Waals surface area (Å²) in [6.45, 7) is 4.36. The average molecular weight is 263 g/mol. The Morgan fingerprint density at radius 2 is 2.21 bits per heavy atom. The number of hydrogen-bond donors (Lipinski definition) is 1. The molecule has 4 nitrogen and oxygen atoms in total. The number of rotatable bonds is 5. The summed E-state index contributed by atoms with van der Waals surface area (Å²) in [6, 6.07) is 10.3. The number of nitrogens with zero attached hydrogens (tertiary/aromatic N) is 1. The molecule has 0 aromatic heterocycles. The van der Waals surface area contributed by atoms with E-state index in [1.807, 2.05) is 18.2 Å². The van der Waals surface area contributed by atoms with Gasteiger partial charge in [-0.1, -0.05) is 30.3 Å². The highest BCUT2D eigenvalue weighted by Gasteiger charge is 2.24. The zero-order valence-electron chi connectivity index (χ0n) is 11.3. The molecule has 0 radical (unpaired) electrons. The predicted octanol–water partition coefficient (Wildman–Crippen LogP) is 2.14. The van der Waals surface area contributed by atoms with Crippen molar-refractivity contribution in [2.75, 3.05) is 13.1 Å². The molecule has 0 bridgehead atoms. The monoisotopic (exact) mass is 263 g/mol. The van der Waals surface area contributed by atoms with Crippen molar-refractivity contribution in [3.05, 3.63) is 35.9 Å². The Labute approximate surface area is 114 Å². The molecule has 1 unspecified atom stereocenters. The van der Waals surface area contributed by atoms with Gasteiger partial charge < -0.3 is 9.84 Å². The maximum Gasteiger partial charge on any atom is 0.332 e. The van der Waals surface area contributed by atoms with Gasteiger partial charge in [0, 0.05) is 13.1 Å². The lowest BCUT2D eigenvalue weighted by molar-refractivity contribution is -0.154. The quantitative estimate of drug-likeness (QED) is 0.884. The minimum Gasteiger partial charge on any atom is -0.479 e. The molecular formula is C15H21NO3. The first-order chi connectivity index (χ1) is 9.15. The molecule has 1 aliphatic rings. The zero-order chi connectivity index (χ0) is 13.7. The summed E-state index contributed by atoms with van der Waals surface area (Å²) >= 11 is 0. The van der Waals surface area contributed by atoms with Gasteiger partial charge in [0.15, 0.2) is 6.10 Å². The van der Waals surface area contributed by atoms with Crippen LogP contribution in [0.3, 0.4) is 0 Å². The Hall–Kier alpha value is -1.39. The molecule has 1 fully saturated rings. The maximum atomic E-state index is 10.8. The number of piperidine rings is 1. The molecule has 0 saturated carbocycles. The molecule has 19 heavy (non-hydrogen) atoms. The van der Waals surface area contributed by atoms with Gasteiger partial charge in [-0.3, -0.25) is 4.90 Å². The van der Waals surface area contributed by atoms with Crippen LogP contribution in [0.25, 0.3) is 0 Å². The first-order valence-corrected chi connectivity index (χ1v) is 6.79. The Kier molecular flexibility index (Phi) is 4.93. The van der Waals surface area contributed by atoms with E-state index < -0.39 is 12.1 Å². The molecule has 1 heterocycles. The summed E-state index contributed by atoms with van der Waals surface area (Å²) in [7, 11) is 0. The number of carbonyl (C=O) groups is 1. The number of carboxylic acids is 1. The first-order valence-electron chi connectivity index (χ1n) is 6.79.